The van der Waals surface area contributed by atoms with Crippen LogP contribution in [0.3, 0.4) is 0 Å². The van der Waals surface area contributed by atoms with Gasteiger partial charge in [0.25, 0.3) is 0 Å². The van der Waals surface area contributed by atoms with Crippen LogP contribution in [0.5, 0.6) is 5.75 Å². The second kappa shape index (κ2) is 6.15. The van der Waals surface area contributed by atoms with Crippen molar-refractivity contribution in [2.45, 2.75) is 20.4 Å². The summed E-state index contributed by atoms with van der Waals surface area (Å²) < 4.78 is 5.51. The number of anilines is 2. The third kappa shape index (κ3) is 3.42. The molecular weight excluding hydrogens is 240 g/mol. The zero-order chi connectivity index (χ0) is 13.7. The number of hydrogen-bond acceptors (Lipinski definition) is 5. The summed E-state index contributed by atoms with van der Waals surface area (Å²) in [6, 6.07) is 7.74. The number of benzene rings is 1. The molecule has 0 fully saturated rings. The molecule has 0 aliphatic carbocycles. The molecule has 3 N–H and O–H groups in total. The van der Waals surface area contributed by atoms with Crippen LogP contribution < -0.4 is 15.8 Å². The molecule has 2 aromatic rings. The fourth-order valence-corrected chi connectivity index (χ4v) is 1.76. The van der Waals surface area contributed by atoms with E-state index in [0.717, 1.165) is 22.8 Å². The van der Waals surface area contributed by atoms with Crippen molar-refractivity contribution in [3.8, 4) is 5.75 Å². The zero-order valence-corrected chi connectivity index (χ0v) is 11.2. The van der Waals surface area contributed by atoms with Gasteiger partial charge in [0.15, 0.2) is 0 Å². The van der Waals surface area contributed by atoms with Crippen LogP contribution in [0.2, 0.25) is 0 Å². The number of aryl methyl sites for hydroxylation is 1. The lowest BCUT2D eigenvalue weighted by molar-refractivity contribution is 0.338. The van der Waals surface area contributed by atoms with E-state index >= 15 is 0 Å². The van der Waals surface area contributed by atoms with E-state index in [1.165, 1.54) is 0 Å². The quantitative estimate of drug-likeness (QED) is 0.861. The van der Waals surface area contributed by atoms with Gasteiger partial charge < -0.3 is 15.8 Å². The van der Waals surface area contributed by atoms with Crippen molar-refractivity contribution in [2.75, 3.05) is 11.9 Å². The second-order valence-corrected chi connectivity index (χ2v) is 4.10. The van der Waals surface area contributed by atoms with Gasteiger partial charge >= 0.3 is 0 Å². The highest BCUT2D eigenvalue weighted by atomic mass is 16.5. The number of hydrogen-bond donors (Lipinski definition) is 2. The number of aromatic nitrogens is 2. The third-order valence-corrected chi connectivity index (χ3v) is 2.64. The molecule has 0 saturated carbocycles. The van der Waals surface area contributed by atoms with E-state index in [0.29, 0.717) is 19.0 Å². The van der Waals surface area contributed by atoms with Crippen LogP contribution in [0, 0.1) is 6.92 Å². The van der Waals surface area contributed by atoms with Crippen LogP contribution >= 0.6 is 0 Å². The van der Waals surface area contributed by atoms with Gasteiger partial charge in [-0.1, -0.05) is 0 Å². The van der Waals surface area contributed by atoms with E-state index in [1.807, 2.05) is 38.1 Å². The van der Waals surface area contributed by atoms with Crippen molar-refractivity contribution in [1.29, 1.82) is 0 Å². The Kier molecular flexibility index (Phi) is 4.30. The SMILES string of the molecule is CCOc1ccc(Nc2ccnc(CN)n2)cc1C. The van der Waals surface area contributed by atoms with Gasteiger partial charge in [-0.05, 0) is 43.7 Å². The molecule has 0 saturated heterocycles. The van der Waals surface area contributed by atoms with E-state index in [1.54, 1.807) is 6.20 Å². The molecule has 0 aliphatic rings. The average molecular weight is 258 g/mol. The molecule has 0 spiro atoms. The van der Waals surface area contributed by atoms with Crippen molar-refractivity contribution in [3.05, 3.63) is 41.9 Å². The van der Waals surface area contributed by atoms with Crippen molar-refractivity contribution >= 4 is 11.5 Å². The summed E-state index contributed by atoms with van der Waals surface area (Å²) in [5.41, 5.74) is 7.56. The van der Waals surface area contributed by atoms with Gasteiger partial charge in [0.05, 0.1) is 13.2 Å². The van der Waals surface area contributed by atoms with Crippen LogP contribution in [-0.4, -0.2) is 16.6 Å². The number of nitrogens with one attached hydrogen (secondary N) is 1. The predicted octanol–water partition coefficient (Wildman–Crippen LogP) is 2.39. The maximum absolute atomic E-state index is 5.52. The Morgan fingerprint density at radius 2 is 2.16 bits per heavy atom. The Labute approximate surface area is 112 Å². The fraction of sp³-hybridized carbons (Fsp3) is 0.286. The minimum atomic E-state index is 0.331. The molecule has 0 amide bonds. The van der Waals surface area contributed by atoms with E-state index in [4.69, 9.17) is 10.5 Å². The normalized spacial score (nSPS) is 10.3. The van der Waals surface area contributed by atoms with E-state index < -0.39 is 0 Å². The highest BCUT2D eigenvalue weighted by molar-refractivity contribution is 5.58. The van der Waals surface area contributed by atoms with E-state index in [9.17, 15) is 0 Å². The number of nitrogens with two attached hydrogens (primary N) is 1. The van der Waals surface area contributed by atoms with E-state index in [-0.39, 0.29) is 0 Å². The highest BCUT2D eigenvalue weighted by Crippen LogP contribution is 2.23. The van der Waals surface area contributed by atoms with Gasteiger partial charge in [-0.3, -0.25) is 0 Å². The molecule has 0 radical (unpaired) electrons. The summed E-state index contributed by atoms with van der Waals surface area (Å²) in [6.45, 7) is 4.99. The minimum absolute atomic E-state index is 0.331. The van der Waals surface area contributed by atoms with Gasteiger partial charge in [-0.15, -0.1) is 0 Å². The topological polar surface area (TPSA) is 73.1 Å². The smallest absolute Gasteiger partial charge is 0.144 e. The summed E-state index contributed by atoms with van der Waals surface area (Å²) in [4.78, 5) is 8.36. The minimum Gasteiger partial charge on any atom is -0.494 e. The van der Waals surface area contributed by atoms with E-state index in [2.05, 4.69) is 15.3 Å². The molecule has 0 bridgehead atoms. The first-order valence-electron chi connectivity index (χ1n) is 6.25. The van der Waals surface area contributed by atoms with Crippen LogP contribution in [0.4, 0.5) is 11.5 Å². The second-order valence-electron chi connectivity index (χ2n) is 4.10. The molecule has 100 valence electrons. The van der Waals surface area contributed by atoms with Crippen molar-refractivity contribution in [2.24, 2.45) is 5.73 Å². The fourth-order valence-electron chi connectivity index (χ4n) is 1.76. The Balaban J connectivity index is 2.16. The van der Waals surface area contributed by atoms with Crippen molar-refractivity contribution in [3.63, 3.8) is 0 Å². The summed E-state index contributed by atoms with van der Waals surface area (Å²) in [5, 5.41) is 3.23. The molecule has 1 heterocycles. The first-order chi connectivity index (χ1) is 9.22. The van der Waals surface area contributed by atoms with Gasteiger partial charge in [-0.2, -0.15) is 0 Å². The Morgan fingerprint density at radius 3 is 2.84 bits per heavy atom. The molecule has 0 aliphatic heterocycles. The number of ether oxygens (including phenoxy) is 1. The summed E-state index contributed by atoms with van der Waals surface area (Å²) in [6.07, 6.45) is 1.69. The number of nitrogens with zero attached hydrogens (tertiary/aromatic N) is 2. The lowest BCUT2D eigenvalue weighted by Gasteiger charge is -2.10. The largest absolute Gasteiger partial charge is 0.494 e. The lowest BCUT2D eigenvalue weighted by atomic mass is 10.2. The summed E-state index contributed by atoms with van der Waals surface area (Å²) >= 11 is 0. The first-order valence-corrected chi connectivity index (χ1v) is 6.25. The van der Waals surface area contributed by atoms with Crippen LogP contribution in [0.25, 0.3) is 0 Å². The lowest BCUT2D eigenvalue weighted by Crippen LogP contribution is -2.04. The Morgan fingerprint density at radius 1 is 1.32 bits per heavy atom. The Bertz CT molecular complexity index is 557. The monoisotopic (exact) mass is 258 g/mol. The van der Waals surface area contributed by atoms with Gasteiger partial charge in [0.1, 0.15) is 17.4 Å². The van der Waals surface area contributed by atoms with Crippen LogP contribution in [0.1, 0.15) is 18.3 Å². The first kappa shape index (κ1) is 13.3. The van der Waals surface area contributed by atoms with Crippen LogP contribution in [-0.2, 0) is 6.54 Å². The van der Waals surface area contributed by atoms with Gasteiger partial charge in [0.2, 0.25) is 0 Å². The molecule has 2 rings (SSSR count). The van der Waals surface area contributed by atoms with Crippen LogP contribution in [0.15, 0.2) is 30.5 Å². The maximum Gasteiger partial charge on any atom is 0.144 e. The molecule has 5 nitrogen and oxygen atoms in total. The zero-order valence-electron chi connectivity index (χ0n) is 11.2. The maximum atomic E-state index is 5.52. The molecule has 5 heteroatoms. The highest BCUT2D eigenvalue weighted by Gasteiger charge is 2.02. The standard InChI is InChI=1S/C14H18N4O/c1-3-19-12-5-4-11(8-10(12)2)17-13-6-7-16-14(9-15)18-13/h4-8H,3,9,15H2,1-2H3,(H,16,17,18). The molecule has 1 aromatic carbocycles. The third-order valence-electron chi connectivity index (χ3n) is 2.64. The van der Waals surface area contributed by atoms with Crippen molar-refractivity contribution < 1.29 is 4.74 Å². The number of rotatable bonds is 5. The van der Waals surface area contributed by atoms with Gasteiger partial charge in [-0.25, -0.2) is 9.97 Å². The van der Waals surface area contributed by atoms with Gasteiger partial charge in [0, 0.05) is 11.9 Å². The summed E-state index contributed by atoms with van der Waals surface area (Å²) in [5.74, 6) is 2.25. The molecular formula is C14H18N4O. The molecule has 0 atom stereocenters. The predicted molar refractivity (Wildman–Crippen MR) is 75.6 cm³/mol. The molecule has 0 unspecified atom stereocenters. The molecule has 19 heavy (non-hydrogen) atoms. The van der Waals surface area contributed by atoms with Crippen molar-refractivity contribution in [1.82, 2.24) is 9.97 Å². The summed E-state index contributed by atoms with van der Waals surface area (Å²) in [7, 11) is 0. The average Bonchev–Trinajstić information content (AvgIpc) is 2.42. The Hall–Kier alpha value is -2.14. The molecule has 1 aromatic heterocycles.